The number of ketones is 1. The van der Waals surface area contributed by atoms with Gasteiger partial charge in [-0.1, -0.05) is 30.3 Å². The van der Waals surface area contributed by atoms with E-state index in [0.717, 1.165) is 24.4 Å². The first-order valence-electron chi connectivity index (χ1n) is 8.49. The van der Waals surface area contributed by atoms with E-state index < -0.39 is 11.9 Å². The quantitative estimate of drug-likeness (QED) is 0.626. The lowest BCUT2D eigenvalue weighted by Gasteiger charge is -2.37. The lowest BCUT2D eigenvalue weighted by Crippen LogP contribution is -2.41. The van der Waals surface area contributed by atoms with Crippen LogP contribution in [0.5, 0.6) is 0 Å². The van der Waals surface area contributed by atoms with Crippen molar-refractivity contribution in [2.75, 3.05) is 32.9 Å². The molecule has 0 spiro atoms. The number of allylic oxidation sites excluding steroid dienone is 2. The van der Waals surface area contributed by atoms with E-state index in [0.29, 0.717) is 19.6 Å². The molecule has 1 aromatic rings. The number of carbonyl (C=O) groups excluding carboxylic acids is 2. The average molecular weight is 329 g/mol. The van der Waals surface area contributed by atoms with Crippen LogP contribution in [-0.4, -0.2) is 49.6 Å². The first kappa shape index (κ1) is 16.7. The van der Waals surface area contributed by atoms with Gasteiger partial charge in [-0.05, 0) is 18.9 Å². The van der Waals surface area contributed by atoms with Gasteiger partial charge in [0.1, 0.15) is 5.92 Å². The normalized spacial score (nSPS) is 24.5. The zero-order chi connectivity index (χ0) is 16.9. The van der Waals surface area contributed by atoms with E-state index in [4.69, 9.17) is 9.47 Å². The Kier molecular flexibility index (Phi) is 5.30. The summed E-state index contributed by atoms with van der Waals surface area (Å²) in [5, 5.41) is 0. The number of esters is 1. The van der Waals surface area contributed by atoms with E-state index >= 15 is 0 Å². The number of carbonyl (C=O) groups is 2. The molecule has 1 saturated heterocycles. The van der Waals surface area contributed by atoms with Crippen molar-refractivity contribution < 1.29 is 19.1 Å². The van der Waals surface area contributed by atoms with Gasteiger partial charge < -0.3 is 14.4 Å². The van der Waals surface area contributed by atoms with Gasteiger partial charge in [-0.15, -0.1) is 0 Å². The summed E-state index contributed by atoms with van der Waals surface area (Å²) in [5.41, 5.74) is 2.00. The molecule has 2 aliphatic rings. The van der Waals surface area contributed by atoms with Gasteiger partial charge in [0.15, 0.2) is 5.78 Å². The Balaban J connectivity index is 1.91. The van der Waals surface area contributed by atoms with Gasteiger partial charge in [0, 0.05) is 30.8 Å². The molecule has 2 atom stereocenters. The van der Waals surface area contributed by atoms with E-state index in [1.54, 1.807) is 13.0 Å². The van der Waals surface area contributed by atoms with Crippen LogP contribution in [0.15, 0.2) is 42.1 Å². The maximum absolute atomic E-state index is 12.7. The van der Waals surface area contributed by atoms with Crippen LogP contribution in [0.2, 0.25) is 0 Å². The van der Waals surface area contributed by atoms with Crippen LogP contribution in [0, 0.1) is 5.92 Å². The predicted octanol–water partition coefficient (Wildman–Crippen LogP) is 2.14. The molecule has 0 unspecified atom stereocenters. The highest BCUT2D eigenvalue weighted by Gasteiger charge is 2.40. The lowest BCUT2D eigenvalue weighted by molar-refractivity contribution is -0.152. The Bertz CT molecular complexity index is 620. The van der Waals surface area contributed by atoms with Crippen LogP contribution in [0.4, 0.5) is 0 Å². The van der Waals surface area contributed by atoms with Crippen molar-refractivity contribution >= 4 is 11.8 Å². The van der Waals surface area contributed by atoms with E-state index in [9.17, 15) is 9.59 Å². The minimum Gasteiger partial charge on any atom is -0.465 e. The van der Waals surface area contributed by atoms with Crippen LogP contribution >= 0.6 is 0 Å². The Labute approximate surface area is 142 Å². The Morgan fingerprint density at radius 1 is 1.25 bits per heavy atom. The summed E-state index contributed by atoms with van der Waals surface area (Å²) in [6, 6.07) is 9.77. The molecular weight excluding hydrogens is 306 g/mol. The minimum absolute atomic E-state index is 0.157. The number of nitrogens with zero attached hydrogens (tertiary/aromatic N) is 1. The van der Waals surface area contributed by atoms with Gasteiger partial charge in [-0.2, -0.15) is 0 Å². The smallest absolute Gasteiger partial charge is 0.317 e. The van der Waals surface area contributed by atoms with Crippen molar-refractivity contribution in [2.45, 2.75) is 19.3 Å². The largest absolute Gasteiger partial charge is 0.465 e. The zero-order valence-electron chi connectivity index (χ0n) is 13.9. The van der Waals surface area contributed by atoms with E-state index in [2.05, 4.69) is 4.90 Å². The Morgan fingerprint density at radius 2 is 1.96 bits per heavy atom. The molecule has 0 bridgehead atoms. The molecule has 5 nitrogen and oxygen atoms in total. The fourth-order valence-corrected chi connectivity index (χ4v) is 3.45. The SMILES string of the molecule is CCOC(=O)[C@@H]1C(=O)C=C(N2CCOCC2)C[C@H]1c1ccccc1. The van der Waals surface area contributed by atoms with Crippen molar-refractivity contribution in [3.63, 3.8) is 0 Å². The predicted molar refractivity (Wildman–Crippen MR) is 89.4 cm³/mol. The van der Waals surface area contributed by atoms with Crippen molar-refractivity contribution in [2.24, 2.45) is 5.92 Å². The van der Waals surface area contributed by atoms with E-state index in [-0.39, 0.29) is 18.3 Å². The molecule has 24 heavy (non-hydrogen) atoms. The summed E-state index contributed by atoms with van der Waals surface area (Å²) in [4.78, 5) is 27.3. The van der Waals surface area contributed by atoms with Crippen LogP contribution in [0.3, 0.4) is 0 Å². The van der Waals surface area contributed by atoms with Crippen molar-refractivity contribution in [3.8, 4) is 0 Å². The minimum atomic E-state index is -0.753. The summed E-state index contributed by atoms with van der Waals surface area (Å²) in [6.45, 7) is 4.95. The van der Waals surface area contributed by atoms with Gasteiger partial charge >= 0.3 is 5.97 Å². The van der Waals surface area contributed by atoms with Crippen molar-refractivity contribution in [1.29, 1.82) is 0 Å². The number of ether oxygens (including phenoxy) is 2. The number of benzene rings is 1. The molecule has 1 heterocycles. The summed E-state index contributed by atoms with van der Waals surface area (Å²) in [7, 11) is 0. The van der Waals surface area contributed by atoms with Gasteiger partial charge in [0.2, 0.25) is 0 Å². The van der Waals surface area contributed by atoms with Crippen LogP contribution in [-0.2, 0) is 19.1 Å². The van der Waals surface area contributed by atoms with E-state index in [1.165, 1.54) is 0 Å². The fourth-order valence-electron chi connectivity index (χ4n) is 3.45. The zero-order valence-corrected chi connectivity index (χ0v) is 13.9. The molecule has 5 heteroatoms. The third-order valence-electron chi connectivity index (χ3n) is 4.63. The molecule has 3 rings (SSSR count). The molecule has 0 radical (unpaired) electrons. The molecule has 0 N–H and O–H groups in total. The van der Waals surface area contributed by atoms with Crippen LogP contribution in [0.1, 0.15) is 24.8 Å². The molecule has 1 fully saturated rings. The molecular formula is C19H23NO4. The summed E-state index contributed by atoms with van der Waals surface area (Å²) in [5.74, 6) is -1.51. The van der Waals surface area contributed by atoms with Crippen molar-refractivity contribution in [1.82, 2.24) is 4.90 Å². The summed E-state index contributed by atoms with van der Waals surface area (Å²) >= 11 is 0. The molecule has 1 aliphatic heterocycles. The topological polar surface area (TPSA) is 55.8 Å². The molecule has 0 saturated carbocycles. The molecule has 0 aromatic heterocycles. The third-order valence-corrected chi connectivity index (χ3v) is 4.63. The first-order chi connectivity index (χ1) is 11.7. The number of morpholine rings is 1. The fraction of sp³-hybridized carbons (Fsp3) is 0.474. The highest BCUT2D eigenvalue weighted by atomic mass is 16.5. The van der Waals surface area contributed by atoms with Gasteiger partial charge in [-0.25, -0.2) is 0 Å². The second-order valence-electron chi connectivity index (χ2n) is 6.09. The average Bonchev–Trinajstić information content (AvgIpc) is 2.62. The summed E-state index contributed by atoms with van der Waals surface area (Å²) < 4.78 is 10.6. The Morgan fingerprint density at radius 3 is 2.62 bits per heavy atom. The van der Waals surface area contributed by atoms with Crippen LogP contribution < -0.4 is 0 Å². The first-order valence-corrected chi connectivity index (χ1v) is 8.49. The summed E-state index contributed by atoms with van der Waals surface area (Å²) in [6.07, 6.45) is 2.30. The van der Waals surface area contributed by atoms with Gasteiger partial charge in [-0.3, -0.25) is 9.59 Å². The van der Waals surface area contributed by atoms with Gasteiger partial charge in [0.05, 0.1) is 19.8 Å². The number of hydrogen-bond acceptors (Lipinski definition) is 5. The monoisotopic (exact) mass is 329 g/mol. The molecule has 1 aliphatic carbocycles. The van der Waals surface area contributed by atoms with E-state index in [1.807, 2.05) is 30.3 Å². The highest BCUT2D eigenvalue weighted by Crippen LogP contribution is 2.38. The molecule has 0 amide bonds. The lowest BCUT2D eigenvalue weighted by atomic mass is 9.76. The maximum atomic E-state index is 12.7. The maximum Gasteiger partial charge on any atom is 0.317 e. The standard InChI is InChI=1S/C19H23NO4/c1-2-24-19(22)18-16(14-6-4-3-5-7-14)12-15(13-17(18)21)20-8-10-23-11-9-20/h3-7,13,16,18H,2,8-12H2,1H3/t16-,18-/m0/s1. The number of hydrogen-bond donors (Lipinski definition) is 0. The van der Waals surface area contributed by atoms with Gasteiger partial charge in [0.25, 0.3) is 0 Å². The number of rotatable bonds is 4. The second kappa shape index (κ2) is 7.62. The van der Waals surface area contributed by atoms with Crippen molar-refractivity contribution in [3.05, 3.63) is 47.7 Å². The van der Waals surface area contributed by atoms with Crippen LogP contribution in [0.25, 0.3) is 0 Å². The third kappa shape index (κ3) is 3.51. The second-order valence-corrected chi connectivity index (χ2v) is 6.09. The molecule has 1 aromatic carbocycles. The Hall–Kier alpha value is -2.14. The molecule has 128 valence electrons. The highest BCUT2D eigenvalue weighted by molar-refractivity contribution is 6.07.